The number of nitrogens with zero attached hydrogens (tertiary/aromatic N) is 2. The number of benzene rings is 1. The summed E-state index contributed by atoms with van der Waals surface area (Å²) in [6.45, 7) is 3.17. The minimum absolute atomic E-state index is 0.729. The van der Waals surface area contributed by atoms with Crippen LogP contribution in [0.1, 0.15) is 16.0 Å². The van der Waals surface area contributed by atoms with Crippen molar-refractivity contribution < 1.29 is 9.94 Å². The van der Waals surface area contributed by atoms with Gasteiger partial charge in [-0.15, -0.1) is 11.3 Å². The number of morpholine rings is 1. The molecule has 1 aliphatic heterocycles. The van der Waals surface area contributed by atoms with Crippen LogP contribution in [0.15, 0.2) is 41.6 Å². The number of thiophene rings is 1. The van der Waals surface area contributed by atoms with E-state index in [-0.39, 0.29) is 0 Å². The van der Waals surface area contributed by atoms with Crippen molar-refractivity contribution >= 4 is 22.6 Å². The predicted molar refractivity (Wildman–Crippen MR) is 89.2 cm³/mol. The van der Waals surface area contributed by atoms with E-state index in [1.165, 1.54) is 6.21 Å². The first-order chi connectivity index (χ1) is 10.9. The van der Waals surface area contributed by atoms with E-state index in [0.717, 1.165) is 47.3 Å². The van der Waals surface area contributed by atoms with Crippen LogP contribution in [0.4, 0.5) is 5.00 Å². The van der Waals surface area contributed by atoms with Crippen LogP contribution >= 0.6 is 11.3 Å². The first kappa shape index (κ1) is 14.6. The molecular formula is C17H16N2O2S. The Morgan fingerprint density at radius 1 is 1.18 bits per heavy atom. The van der Waals surface area contributed by atoms with E-state index in [1.54, 1.807) is 11.3 Å². The Bertz CT molecular complexity index is 707. The molecule has 1 N–H and O–H groups in total. The second-order valence-electron chi connectivity index (χ2n) is 4.83. The van der Waals surface area contributed by atoms with Crippen molar-refractivity contribution in [2.75, 3.05) is 31.2 Å². The molecule has 0 bridgehead atoms. The van der Waals surface area contributed by atoms with Crippen LogP contribution in [0, 0.1) is 11.8 Å². The van der Waals surface area contributed by atoms with Crippen LogP contribution in [0.2, 0.25) is 0 Å². The van der Waals surface area contributed by atoms with Crippen LogP contribution in [-0.2, 0) is 4.74 Å². The minimum Gasteiger partial charge on any atom is -0.411 e. The molecule has 22 heavy (non-hydrogen) atoms. The van der Waals surface area contributed by atoms with Crippen molar-refractivity contribution in [3.05, 3.63) is 52.4 Å². The Morgan fingerprint density at radius 3 is 2.68 bits per heavy atom. The molecule has 0 spiro atoms. The van der Waals surface area contributed by atoms with Crippen molar-refractivity contribution in [2.24, 2.45) is 5.16 Å². The zero-order valence-electron chi connectivity index (χ0n) is 12.0. The summed E-state index contributed by atoms with van der Waals surface area (Å²) in [5, 5.41) is 13.0. The smallest absolute Gasteiger partial charge is 0.108 e. The van der Waals surface area contributed by atoms with Gasteiger partial charge in [-0.25, -0.2) is 0 Å². The summed E-state index contributed by atoms with van der Waals surface area (Å²) in [7, 11) is 0. The molecule has 5 heteroatoms. The summed E-state index contributed by atoms with van der Waals surface area (Å²) in [5.74, 6) is 6.43. The Hall–Kier alpha value is -2.29. The number of anilines is 1. The topological polar surface area (TPSA) is 45.1 Å². The zero-order valence-corrected chi connectivity index (χ0v) is 12.8. The number of ether oxygens (including phenoxy) is 1. The zero-order chi connectivity index (χ0) is 15.2. The summed E-state index contributed by atoms with van der Waals surface area (Å²) >= 11 is 1.58. The van der Waals surface area contributed by atoms with Crippen molar-refractivity contribution in [1.29, 1.82) is 0 Å². The van der Waals surface area contributed by atoms with Crippen LogP contribution in [0.3, 0.4) is 0 Å². The normalized spacial score (nSPS) is 14.8. The Morgan fingerprint density at radius 2 is 1.95 bits per heavy atom. The second-order valence-corrected chi connectivity index (χ2v) is 5.89. The van der Waals surface area contributed by atoms with E-state index in [4.69, 9.17) is 9.94 Å². The van der Waals surface area contributed by atoms with E-state index in [2.05, 4.69) is 21.9 Å². The SMILES string of the molecule is O/N=C/c1cc(C#Cc2ccccc2)c(N2CCOCC2)s1. The first-order valence-electron chi connectivity index (χ1n) is 7.08. The lowest BCUT2D eigenvalue weighted by Gasteiger charge is -2.27. The summed E-state index contributed by atoms with van der Waals surface area (Å²) in [4.78, 5) is 3.17. The largest absolute Gasteiger partial charge is 0.411 e. The molecule has 0 radical (unpaired) electrons. The van der Waals surface area contributed by atoms with Gasteiger partial charge in [-0.2, -0.15) is 0 Å². The first-order valence-corrected chi connectivity index (χ1v) is 7.89. The molecule has 1 fully saturated rings. The minimum atomic E-state index is 0.729. The van der Waals surface area contributed by atoms with Gasteiger partial charge in [0.1, 0.15) is 5.00 Å². The third-order valence-corrected chi connectivity index (χ3v) is 4.46. The maximum atomic E-state index is 8.74. The van der Waals surface area contributed by atoms with Crippen molar-refractivity contribution in [1.82, 2.24) is 0 Å². The maximum absolute atomic E-state index is 8.74. The molecule has 0 amide bonds. The third-order valence-electron chi connectivity index (χ3n) is 3.33. The van der Waals surface area contributed by atoms with Gasteiger partial charge in [0, 0.05) is 18.7 Å². The molecule has 0 unspecified atom stereocenters. The Balaban J connectivity index is 1.93. The standard InChI is InChI=1S/C17H16N2O2S/c20-18-13-16-12-15(7-6-14-4-2-1-3-5-14)17(22-16)19-8-10-21-11-9-19/h1-5,12-13,20H,8-11H2/b18-13+. The van der Waals surface area contributed by atoms with Crippen LogP contribution in [-0.4, -0.2) is 37.7 Å². The maximum Gasteiger partial charge on any atom is 0.108 e. The highest BCUT2D eigenvalue weighted by Gasteiger charge is 2.17. The molecule has 1 aromatic heterocycles. The van der Waals surface area contributed by atoms with E-state index in [0.29, 0.717) is 0 Å². The lowest BCUT2D eigenvalue weighted by molar-refractivity contribution is 0.123. The molecule has 112 valence electrons. The van der Waals surface area contributed by atoms with Gasteiger partial charge in [0.2, 0.25) is 0 Å². The summed E-state index contributed by atoms with van der Waals surface area (Å²) < 4.78 is 5.41. The molecule has 0 saturated carbocycles. The molecule has 0 atom stereocenters. The molecule has 3 rings (SSSR count). The molecule has 2 heterocycles. The fourth-order valence-electron chi connectivity index (χ4n) is 2.27. The van der Waals surface area contributed by atoms with Crippen molar-refractivity contribution in [3.8, 4) is 11.8 Å². The fourth-order valence-corrected chi connectivity index (χ4v) is 3.30. The monoisotopic (exact) mass is 312 g/mol. The van der Waals surface area contributed by atoms with Crippen LogP contribution < -0.4 is 4.90 Å². The van der Waals surface area contributed by atoms with Gasteiger partial charge >= 0.3 is 0 Å². The lowest BCUT2D eigenvalue weighted by atomic mass is 10.2. The van der Waals surface area contributed by atoms with Gasteiger partial charge in [-0.1, -0.05) is 35.2 Å². The Kier molecular flexibility index (Phi) is 4.74. The molecule has 1 aromatic carbocycles. The van der Waals surface area contributed by atoms with Gasteiger partial charge in [-0.05, 0) is 18.2 Å². The van der Waals surface area contributed by atoms with Crippen molar-refractivity contribution in [3.63, 3.8) is 0 Å². The van der Waals surface area contributed by atoms with Crippen LogP contribution in [0.5, 0.6) is 0 Å². The molecular weight excluding hydrogens is 296 g/mol. The Labute approximate surface area is 133 Å². The van der Waals surface area contributed by atoms with E-state index in [1.807, 2.05) is 36.4 Å². The molecule has 1 saturated heterocycles. The van der Waals surface area contributed by atoms with E-state index < -0.39 is 0 Å². The van der Waals surface area contributed by atoms with Gasteiger partial charge in [0.25, 0.3) is 0 Å². The molecule has 1 aliphatic rings. The highest BCUT2D eigenvalue weighted by Crippen LogP contribution is 2.31. The highest BCUT2D eigenvalue weighted by atomic mass is 32.1. The third kappa shape index (κ3) is 3.48. The average molecular weight is 312 g/mol. The second kappa shape index (κ2) is 7.12. The molecule has 0 aliphatic carbocycles. The fraction of sp³-hybridized carbons (Fsp3) is 0.235. The summed E-state index contributed by atoms with van der Waals surface area (Å²) in [6, 6.07) is 11.9. The van der Waals surface area contributed by atoms with Crippen molar-refractivity contribution in [2.45, 2.75) is 0 Å². The van der Waals surface area contributed by atoms with Crippen LogP contribution in [0.25, 0.3) is 0 Å². The highest BCUT2D eigenvalue weighted by molar-refractivity contribution is 7.18. The van der Waals surface area contributed by atoms with E-state index in [9.17, 15) is 0 Å². The average Bonchev–Trinajstić information content (AvgIpc) is 2.98. The number of rotatable bonds is 2. The van der Waals surface area contributed by atoms with Gasteiger partial charge in [0.05, 0.1) is 29.9 Å². The quantitative estimate of drug-likeness (QED) is 0.401. The summed E-state index contributed by atoms with van der Waals surface area (Å²) in [6.07, 6.45) is 1.45. The lowest BCUT2D eigenvalue weighted by Crippen LogP contribution is -2.36. The van der Waals surface area contributed by atoms with E-state index >= 15 is 0 Å². The number of hydrogen-bond donors (Lipinski definition) is 1. The molecule has 4 nitrogen and oxygen atoms in total. The van der Waals surface area contributed by atoms with Gasteiger partial charge in [0.15, 0.2) is 0 Å². The molecule has 2 aromatic rings. The number of oxime groups is 1. The van der Waals surface area contributed by atoms with Gasteiger partial charge in [-0.3, -0.25) is 0 Å². The number of hydrogen-bond acceptors (Lipinski definition) is 5. The summed E-state index contributed by atoms with van der Waals surface area (Å²) in [5.41, 5.74) is 1.95. The predicted octanol–water partition coefficient (Wildman–Crippen LogP) is 2.79. The van der Waals surface area contributed by atoms with Gasteiger partial charge < -0.3 is 14.8 Å².